The third-order valence-corrected chi connectivity index (χ3v) is 3.41. The Bertz CT molecular complexity index is 858. The molecule has 22 heavy (non-hydrogen) atoms. The molecule has 2 N–H and O–H groups in total. The van der Waals surface area contributed by atoms with Crippen LogP contribution in [0, 0.1) is 10.6 Å². The van der Waals surface area contributed by atoms with Crippen molar-refractivity contribution in [1.82, 2.24) is 25.1 Å². The third-order valence-electron chi connectivity index (χ3n) is 3.15. The molecule has 0 fully saturated rings. The maximum absolute atomic E-state index is 13.0. The minimum Gasteiger partial charge on any atom is -0.277 e. The average molecular weight is 316 g/mol. The number of H-pyrrole nitrogens is 2. The van der Waals surface area contributed by atoms with Crippen molar-refractivity contribution < 1.29 is 4.39 Å². The van der Waals surface area contributed by atoms with Crippen LogP contribution in [0.1, 0.15) is 18.3 Å². The Balaban J connectivity index is 1.95. The number of nitrogens with zero attached hydrogens (tertiary/aromatic N) is 4. The highest BCUT2D eigenvalue weighted by atomic mass is 32.1. The molecular formula is C14H13FN6S. The number of hydrogen-bond acceptors (Lipinski definition) is 4. The van der Waals surface area contributed by atoms with E-state index in [0.717, 1.165) is 22.6 Å². The van der Waals surface area contributed by atoms with E-state index in [1.807, 2.05) is 6.92 Å². The molecule has 0 aliphatic carbocycles. The zero-order chi connectivity index (χ0) is 15.5. The van der Waals surface area contributed by atoms with Crippen LogP contribution in [0.25, 0.3) is 11.3 Å². The van der Waals surface area contributed by atoms with Crippen LogP contribution in [0.3, 0.4) is 0 Å². The first-order valence-electron chi connectivity index (χ1n) is 6.69. The minimum absolute atomic E-state index is 0.282. The first-order valence-corrected chi connectivity index (χ1v) is 7.10. The van der Waals surface area contributed by atoms with Crippen LogP contribution in [-0.2, 0) is 6.42 Å². The highest BCUT2D eigenvalue weighted by Gasteiger charge is 2.07. The Morgan fingerprint density at radius 3 is 2.82 bits per heavy atom. The summed E-state index contributed by atoms with van der Waals surface area (Å²) in [4.78, 5) is 0. The Morgan fingerprint density at radius 1 is 1.32 bits per heavy atom. The van der Waals surface area contributed by atoms with E-state index in [2.05, 4.69) is 25.5 Å². The number of halogens is 1. The standard InChI is InChI=1S/C14H13FN6S/c1-2-12-18-20-14(22)21(12)17-8-10-7-16-19-13(10)9-3-5-11(15)6-4-9/h3-8H,2H2,1H3,(H,16,19)(H,20,22). The average Bonchev–Trinajstić information content (AvgIpc) is 3.12. The van der Waals surface area contributed by atoms with E-state index in [1.54, 1.807) is 29.2 Å². The van der Waals surface area contributed by atoms with E-state index < -0.39 is 0 Å². The summed E-state index contributed by atoms with van der Waals surface area (Å²) in [5.41, 5.74) is 2.36. The van der Waals surface area contributed by atoms with E-state index in [-0.39, 0.29) is 5.82 Å². The molecule has 3 aromatic rings. The molecule has 8 heteroatoms. The first-order chi connectivity index (χ1) is 10.7. The van der Waals surface area contributed by atoms with Crippen molar-refractivity contribution in [2.75, 3.05) is 0 Å². The van der Waals surface area contributed by atoms with Crippen molar-refractivity contribution in [3.05, 3.63) is 52.4 Å². The van der Waals surface area contributed by atoms with Gasteiger partial charge in [-0.05, 0) is 36.5 Å². The van der Waals surface area contributed by atoms with E-state index in [1.165, 1.54) is 12.1 Å². The molecule has 112 valence electrons. The lowest BCUT2D eigenvalue weighted by atomic mass is 10.1. The molecule has 0 saturated heterocycles. The molecule has 0 unspecified atom stereocenters. The number of hydrogen-bond donors (Lipinski definition) is 2. The molecule has 6 nitrogen and oxygen atoms in total. The van der Waals surface area contributed by atoms with Crippen molar-refractivity contribution in [3.8, 4) is 11.3 Å². The summed E-state index contributed by atoms with van der Waals surface area (Å²) >= 11 is 5.14. The number of aromatic nitrogens is 5. The predicted octanol–water partition coefficient (Wildman–Crippen LogP) is 2.91. The summed E-state index contributed by atoms with van der Waals surface area (Å²) in [5.74, 6) is 0.462. The molecule has 0 aliphatic rings. The summed E-state index contributed by atoms with van der Waals surface area (Å²) in [5, 5.41) is 18.1. The Morgan fingerprint density at radius 2 is 2.09 bits per heavy atom. The molecular weight excluding hydrogens is 303 g/mol. The lowest BCUT2D eigenvalue weighted by Crippen LogP contribution is -1.97. The van der Waals surface area contributed by atoms with Crippen molar-refractivity contribution >= 4 is 18.4 Å². The first kappa shape index (κ1) is 14.3. The third kappa shape index (κ3) is 2.73. The Labute approximate surface area is 130 Å². The normalized spacial score (nSPS) is 11.4. The van der Waals surface area contributed by atoms with Gasteiger partial charge in [-0.25, -0.2) is 4.39 Å². The van der Waals surface area contributed by atoms with Gasteiger partial charge in [-0.2, -0.15) is 20.0 Å². The molecule has 0 radical (unpaired) electrons. The zero-order valence-electron chi connectivity index (χ0n) is 11.7. The smallest absolute Gasteiger partial charge is 0.216 e. The summed E-state index contributed by atoms with van der Waals surface area (Å²) in [7, 11) is 0. The van der Waals surface area contributed by atoms with Crippen molar-refractivity contribution in [2.24, 2.45) is 5.10 Å². The van der Waals surface area contributed by atoms with Gasteiger partial charge in [-0.15, -0.1) is 0 Å². The van der Waals surface area contributed by atoms with Gasteiger partial charge in [0.2, 0.25) is 4.77 Å². The second kappa shape index (κ2) is 6.02. The molecule has 0 aliphatic heterocycles. The fraction of sp³-hybridized carbons (Fsp3) is 0.143. The number of rotatable bonds is 4. The lowest BCUT2D eigenvalue weighted by molar-refractivity contribution is 0.628. The van der Waals surface area contributed by atoms with Gasteiger partial charge in [0.15, 0.2) is 5.82 Å². The molecule has 0 saturated carbocycles. The maximum Gasteiger partial charge on any atom is 0.216 e. The van der Waals surface area contributed by atoms with Gasteiger partial charge in [-0.1, -0.05) is 6.92 Å². The van der Waals surface area contributed by atoms with Crippen molar-refractivity contribution in [3.63, 3.8) is 0 Å². The van der Waals surface area contributed by atoms with Gasteiger partial charge in [0.05, 0.1) is 18.1 Å². The van der Waals surface area contributed by atoms with Crippen LogP contribution in [0.5, 0.6) is 0 Å². The van der Waals surface area contributed by atoms with Gasteiger partial charge in [0, 0.05) is 17.5 Å². The molecule has 0 bridgehead atoms. The van der Waals surface area contributed by atoms with E-state index in [0.29, 0.717) is 11.2 Å². The van der Waals surface area contributed by atoms with E-state index >= 15 is 0 Å². The van der Waals surface area contributed by atoms with Crippen molar-refractivity contribution in [1.29, 1.82) is 0 Å². The van der Waals surface area contributed by atoms with E-state index in [4.69, 9.17) is 12.2 Å². The summed E-state index contributed by atoms with van der Waals surface area (Å²) in [6.07, 6.45) is 4.00. The van der Waals surface area contributed by atoms with Crippen LogP contribution in [0.15, 0.2) is 35.6 Å². The Kier molecular flexibility index (Phi) is 3.92. The van der Waals surface area contributed by atoms with Gasteiger partial charge in [-0.3, -0.25) is 10.2 Å². The van der Waals surface area contributed by atoms with Crippen LogP contribution in [-0.4, -0.2) is 31.3 Å². The van der Waals surface area contributed by atoms with Gasteiger partial charge >= 0.3 is 0 Å². The molecule has 1 aromatic carbocycles. The topological polar surface area (TPSA) is 74.7 Å². The summed E-state index contributed by atoms with van der Waals surface area (Å²) < 4.78 is 15.0. The largest absolute Gasteiger partial charge is 0.277 e. The number of aryl methyl sites for hydroxylation is 1. The number of nitrogens with one attached hydrogen (secondary N) is 2. The fourth-order valence-electron chi connectivity index (χ4n) is 2.03. The van der Waals surface area contributed by atoms with Crippen LogP contribution in [0.2, 0.25) is 0 Å². The fourth-order valence-corrected chi connectivity index (χ4v) is 2.23. The van der Waals surface area contributed by atoms with Crippen LogP contribution in [0.4, 0.5) is 4.39 Å². The SMILES string of the molecule is CCc1n[nH]c(=S)n1N=Cc1cn[nH]c1-c1ccc(F)cc1. The molecule has 0 atom stereocenters. The van der Waals surface area contributed by atoms with Gasteiger partial charge < -0.3 is 0 Å². The van der Waals surface area contributed by atoms with Gasteiger partial charge in [0.1, 0.15) is 5.82 Å². The highest BCUT2D eigenvalue weighted by Crippen LogP contribution is 2.20. The predicted molar refractivity (Wildman–Crippen MR) is 83.8 cm³/mol. The lowest BCUT2D eigenvalue weighted by Gasteiger charge is -2.00. The number of benzene rings is 1. The molecule has 0 spiro atoms. The molecule has 3 rings (SSSR count). The summed E-state index contributed by atoms with van der Waals surface area (Å²) in [6.45, 7) is 1.97. The highest BCUT2D eigenvalue weighted by molar-refractivity contribution is 7.71. The molecule has 0 amide bonds. The van der Waals surface area contributed by atoms with E-state index in [9.17, 15) is 4.39 Å². The maximum atomic E-state index is 13.0. The monoisotopic (exact) mass is 316 g/mol. The number of aromatic amines is 2. The summed E-state index contributed by atoms with van der Waals surface area (Å²) in [6, 6.07) is 6.17. The second-order valence-corrected chi connectivity index (χ2v) is 4.95. The van der Waals surface area contributed by atoms with Crippen molar-refractivity contribution in [2.45, 2.75) is 13.3 Å². The quantitative estimate of drug-likeness (QED) is 0.574. The molecule has 2 aromatic heterocycles. The molecule has 2 heterocycles. The zero-order valence-corrected chi connectivity index (χ0v) is 12.6. The van der Waals surface area contributed by atoms with Gasteiger partial charge in [0.25, 0.3) is 0 Å². The minimum atomic E-state index is -0.282. The second-order valence-electron chi connectivity index (χ2n) is 4.56. The Hall–Kier alpha value is -2.61. The van der Waals surface area contributed by atoms with Crippen LogP contribution >= 0.6 is 12.2 Å². The van der Waals surface area contributed by atoms with Crippen LogP contribution < -0.4 is 0 Å².